The topological polar surface area (TPSA) is 46.0 Å². The van der Waals surface area contributed by atoms with Gasteiger partial charge in [0, 0.05) is 24.4 Å². The van der Waals surface area contributed by atoms with Crippen LogP contribution in [-0.2, 0) is 19.3 Å². The number of rotatable bonds is 3. The van der Waals surface area contributed by atoms with Crippen molar-refractivity contribution in [3.8, 4) is 0 Å². The van der Waals surface area contributed by atoms with E-state index < -0.39 is 0 Å². The van der Waals surface area contributed by atoms with E-state index in [1.165, 1.54) is 24.1 Å². The molecule has 1 heterocycles. The number of nitrogens with zero attached hydrogens (tertiary/aromatic N) is 2. The molecule has 1 N–H and O–H groups in total. The van der Waals surface area contributed by atoms with Crippen LogP contribution in [0.4, 0.5) is 0 Å². The van der Waals surface area contributed by atoms with Crippen molar-refractivity contribution in [2.24, 2.45) is 0 Å². The average molecular weight is 206 g/mol. The van der Waals surface area contributed by atoms with E-state index in [0.29, 0.717) is 0 Å². The van der Waals surface area contributed by atoms with Crippen molar-refractivity contribution in [1.82, 2.24) is 9.97 Å². The van der Waals surface area contributed by atoms with Crippen molar-refractivity contribution in [3.63, 3.8) is 0 Å². The van der Waals surface area contributed by atoms with Crippen LogP contribution in [0.5, 0.6) is 0 Å². The molecule has 1 aromatic heterocycles. The summed E-state index contributed by atoms with van der Waals surface area (Å²) in [6.07, 6.45) is 6.32. The van der Waals surface area contributed by atoms with E-state index in [0.717, 1.165) is 37.2 Å². The lowest BCUT2D eigenvalue weighted by atomic mass is 9.95. The molecule has 0 radical (unpaired) electrons. The Balaban J connectivity index is 2.24. The van der Waals surface area contributed by atoms with Crippen molar-refractivity contribution in [3.05, 3.63) is 22.8 Å². The molecule has 15 heavy (non-hydrogen) atoms. The van der Waals surface area contributed by atoms with E-state index in [9.17, 15) is 0 Å². The van der Waals surface area contributed by atoms with Gasteiger partial charge in [-0.1, -0.05) is 0 Å². The molecule has 1 aromatic rings. The molecule has 0 unspecified atom stereocenters. The smallest absolute Gasteiger partial charge is 0.128 e. The zero-order valence-corrected chi connectivity index (χ0v) is 9.29. The number of aryl methyl sites for hydroxylation is 3. The van der Waals surface area contributed by atoms with E-state index in [1.54, 1.807) is 0 Å². The van der Waals surface area contributed by atoms with Gasteiger partial charge in [0.2, 0.25) is 0 Å². The van der Waals surface area contributed by atoms with Crippen LogP contribution in [0.25, 0.3) is 0 Å². The molecular weight excluding hydrogens is 188 g/mol. The van der Waals surface area contributed by atoms with Crippen LogP contribution >= 0.6 is 0 Å². The summed E-state index contributed by atoms with van der Waals surface area (Å²) >= 11 is 0. The first-order chi connectivity index (χ1) is 7.31. The molecular formula is C12H18N2O. The van der Waals surface area contributed by atoms with Crippen molar-refractivity contribution >= 4 is 0 Å². The van der Waals surface area contributed by atoms with Crippen molar-refractivity contribution in [2.75, 3.05) is 6.61 Å². The lowest BCUT2D eigenvalue weighted by Gasteiger charge is -2.17. The van der Waals surface area contributed by atoms with Crippen LogP contribution in [-0.4, -0.2) is 21.7 Å². The highest BCUT2D eigenvalue weighted by molar-refractivity contribution is 5.27. The van der Waals surface area contributed by atoms with Crippen molar-refractivity contribution in [2.45, 2.75) is 45.4 Å². The predicted octanol–water partition coefficient (Wildman–Crippen LogP) is 1.59. The Hall–Kier alpha value is -0.960. The summed E-state index contributed by atoms with van der Waals surface area (Å²) < 4.78 is 0. The van der Waals surface area contributed by atoms with Crippen molar-refractivity contribution < 1.29 is 5.11 Å². The van der Waals surface area contributed by atoms with Crippen LogP contribution in [0.1, 0.15) is 42.0 Å². The van der Waals surface area contributed by atoms with Crippen LogP contribution in [0, 0.1) is 6.92 Å². The van der Waals surface area contributed by atoms with E-state index in [1.807, 2.05) is 0 Å². The van der Waals surface area contributed by atoms with E-state index in [2.05, 4.69) is 16.9 Å². The van der Waals surface area contributed by atoms with Gasteiger partial charge in [0.15, 0.2) is 0 Å². The Morgan fingerprint density at radius 3 is 2.80 bits per heavy atom. The van der Waals surface area contributed by atoms with E-state index in [4.69, 9.17) is 5.11 Å². The fourth-order valence-electron chi connectivity index (χ4n) is 2.19. The first-order valence-electron chi connectivity index (χ1n) is 5.77. The van der Waals surface area contributed by atoms with Gasteiger partial charge in [-0.05, 0) is 44.6 Å². The normalized spacial score (nSPS) is 15.1. The van der Waals surface area contributed by atoms with Gasteiger partial charge in [-0.15, -0.1) is 0 Å². The predicted molar refractivity (Wildman–Crippen MR) is 58.8 cm³/mol. The van der Waals surface area contributed by atoms with Crippen molar-refractivity contribution in [1.29, 1.82) is 0 Å². The zero-order valence-electron chi connectivity index (χ0n) is 9.29. The molecule has 1 aliphatic carbocycles. The van der Waals surface area contributed by atoms with Gasteiger partial charge in [0.1, 0.15) is 5.82 Å². The standard InChI is InChI=1S/C12H18N2O/c1-9-10-5-2-3-6-11(10)14-12(13-9)7-4-8-15/h15H,2-8H2,1H3. The summed E-state index contributed by atoms with van der Waals surface area (Å²) in [5, 5.41) is 8.78. The Kier molecular flexibility index (Phi) is 3.31. The molecule has 3 nitrogen and oxygen atoms in total. The summed E-state index contributed by atoms with van der Waals surface area (Å²) in [5.41, 5.74) is 3.77. The van der Waals surface area contributed by atoms with Crippen LogP contribution in [0.3, 0.4) is 0 Å². The van der Waals surface area contributed by atoms with Crippen LogP contribution < -0.4 is 0 Å². The van der Waals surface area contributed by atoms with Gasteiger partial charge in [-0.3, -0.25) is 0 Å². The zero-order chi connectivity index (χ0) is 10.7. The minimum Gasteiger partial charge on any atom is -0.396 e. The molecule has 82 valence electrons. The Labute approximate surface area is 90.6 Å². The molecule has 0 aliphatic heterocycles. The van der Waals surface area contributed by atoms with Gasteiger partial charge in [0.05, 0.1) is 0 Å². The Bertz CT molecular complexity index is 350. The van der Waals surface area contributed by atoms with Gasteiger partial charge in [-0.25, -0.2) is 9.97 Å². The first kappa shape index (κ1) is 10.6. The number of aliphatic hydroxyl groups is 1. The van der Waals surface area contributed by atoms with Gasteiger partial charge in [0.25, 0.3) is 0 Å². The van der Waals surface area contributed by atoms with E-state index >= 15 is 0 Å². The summed E-state index contributed by atoms with van der Waals surface area (Å²) in [5.74, 6) is 0.905. The van der Waals surface area contributed by atoms with Crippen LogP contribution in [0.2, 0.25) is 0 Å². The monoisotopic (exact) mass is 206 g/mol. The lowest BCUT2D eigenvalue weighted by Crippen LogP contribution is -2.12. The second-order valence-corrected chi connectivity index (χ2v) is 4.18. The number of aromatic nitrogens is 2. The highest BCUT2D eigenvalue weighted by Crippen LogP contribution is 2.21. The average Bonchev–Trinajstić information content (AvgIpc) is 2.26. The molecule has 0 aromatic carbocycles. The molecule has 2 rings (SSSR count). The minimum absolute atomic E-state index is 0.222. The molecule has 0 bridgehead atoms. The summed E-state index contributed by atoms with van der Waals surface area (Å²) in [6, 6.07) is 0. The van der Waals surface area contributed by atoms with Gasteiger partial charge >= 0.3 is 0 Å². The van der Waals surface area contributed by atoms with Gasteiger partial charge < -0.3 is 5.11 Å². The SMILES string of the molecule is Cc1nc(CCCO)nc2c1CCCC2. The highest BCUT2D eigenvalue weighted by Gasteiger charge is 2.14. The third-order valence-corrected chi connectivity index (χ3v) is 2.99. The molecule has 0 fully saturated rings. The van der Waals surface area contributed by atoms with E-state index in [-0.39, 0.29) is 6.61 Å². The number of fused-ring (bicyclic) bond motifs is 1. The number of aliphatic hydroxyl groups excluding tert-OH is 1. The Morgan fingerprint density at radius 1 is 1.20 bits per heavy atom. The minimum atomic E-state index is 0.222. The maximum absolute atomic E-state index is 8.78. The van der Waals surface area contributed by atoms with Gasteiger partial charge in [-0.2, -0.15) is 0 Å². The second-order valence-electron chi connectivity index (χ2n) is 4.18. The Morgan fingerprint density at radius 2 is 2.00 bits per heavy atom. The maximum atomic E-state index is 8.78. The second kappa shape index (κ2) is 4.71. The third-order valence-electron chi connectivity index (χ3n) is 2.99. The fourth-order valence-corrected chi connectivity index (χ4v) is 2.19. The third kappa shape index (κ3) is 2.34. The molecule has 0 amide bonds. The number of hydrogen-bond acceptors (Lipinski definition) is 3. The summed E-state index contributed by atoms with van der Waals surface area (Å²) in [4.78, 5) is 9.09. The maximum Gasteiger partial charge on any atom is 0.128 e. The van der Waals surface area contributed by atoms with Crippen LogP contribution in [0.15, 0.2) is 0 Å². The summed E-state index contributed by atoms with van der Waals surface area (Å²) in [6.45, 7) is 2.30. The molecule has 0 saturated heterocycles. The first-order valence-corrected chi connectivity index (χ1v) is 5.77. The fraction of sp³-hybridized carbons (Fsp3) is 0.667. The quantitative estimate of drug-likeness (QED) is 0.817. The molecule has 0 spiro atoms. The molecule has 3 heteroatoms. The lowest BCUT2D eigenvalue weighted by molar-refractivity contribution is 0.287. The largest absolute Gasteiger partial charge is 0.396 e. The number of hydrogen-bond donors (Lipinski definition) is 1. The summed E-state index contributed by atoms with van der Waals surface area (Å²) in [7, 11) is 0. The molecule has 0 saturated carbocycles. The highest BCUT2D eigenvalue weighted by atomic mass is 16.2. The molecule has 1 aliphatic rings. The molecule has 0 atom stereocenters.